The lowest BCUT2D eigenvalue weighted by Crippen LogP contribution is -2.56. The molecule has 1 heterocycles. The Kier molecular flexibility index (Phi) is 2.28. The Morgan fingerprint density at radius 2 is 2.08 bits per heavy atom. The number of rotatable bonds is 3. The van der Waals surface area contributed by atoms with Crippen LogP contribution in [0.15, 0.2) is 12.2 Å². The minimum atomic E-state index is -2.56. The molecule has 0 aromatic carbocycles. The summed E-state index contributed by atoms with van der Waals surface area (Å²) in [6.07, 6.45) is 0. The zero-order valence-corrected chi connectivity index (χ0v) is 6.94. The molecule has 0 radical (unpaired) electrons. The summed E-state index contributed by atoms with van der Waals surface area (Å²) in [4.78, 5) is 12.2. The molecule has 0 aromatic heterocycles. The average molecular weight is 175 g/mol. The molecular formula is C8H11F2NO. The van der Waals surface area contributed by atoms with Gasteiger partial charge in [-0.1, -0.05) is 6.58 Å². The molecule has 2 nitrogen and oxygen atoms in total. The Hall–Kier alpha value is -0.770. The number of hydrogen-bond acceptors (Lipinski definition) is 2. The fourth-order valence-corrected chi connectivity index (χ4v) is 1.10. The molecule has 0 atom stereocenters. The van der Waals surface area contributed by atoms with Gasteiger partial charge in [-0.2, -0.15) is 0 Å². The summed E-state index contributed by atoms with van der Waals surface area (Å²) in [6.45, 7) is 4.64. The lowest BCUT2D eigenvalue weighted by atomic mass is 10.1. The van der Waals surface area contributed by atoms with Crippen LogP contribution in [0.3, 0.4) is 0 Å². The number of Topliss-reactive ketones (excluding diaryl/α,β-unsaturated/α-hetero) is 1. The van der Waals surface area contributed by atoms with Gasteiger partial charge in [-0.15, -0.1) is 0 Å². The molecule has 1 aliphatic heterocycles. The maximum Gasteiger partial charge on any atom is 0.272 e. The number of nitrogens with zero attached hydrogens (tertiary/aromatic N) is 1. The first kappa shape index (κ1) is 9.32. The van der Waals surface area contributed by atoms with Crippen LogP contribution < -0.4 is 0 Å². The Morgan fingerprint density at radius 1 is 1.58 bits per heavy atom. The molecule has 1 fully saturated rings. The second kappa shape index (κ2) is 2.94. The molecule has 4 heteroatoms. The molecule has 0 aromatic rings. The zero-order valence-electron chi connectivity index (χ0n) is 6.94. The van der Waals surface area contributed by atoms with Crippen molar-refractivity contribution in [2.24, 2.45) is 0 Å². The Balaban J connectivity index is 2.28. The van der Waals surface area contributed by atoms with E-state index in [1.54, 1.807) is 0 Å². The van der Waals surface area contributed by atoms with Crippen molar-refractivity contribution in [1.29, 1.82) is 0 Å². The van der Waals surface area contributed by atoms with Crippen molar-refractivity contribution >= 4 is 5.78 Å². The van der Waals surface area contributed by atoms with Crippen molar-refractivity contribution in [1.82, 2.24) is 4.90 Å². The molecule has 0 unspecified atom stereocenters. The summed E-state index contributed by atoms with van der Waals surface area (Å²) in [7, 11) is 0. The van der Waals surface area contributed by atoms with E-state index in [-0.39, 0.29) is 25.4 Å². The molecule has 0 spiro atoms. The van der Waals surface area contributed by atoms with Crippen molar-refractivity contribution < 1.29 is 13.6 Å². The standard InChI is InChI=1S/C8H11F2NO/c1-6(7(2)12)3-11-4-8(9,10)5-11/h1,3-5H2,2H3. The first-order valence-electron chi connectivity index (χ1n) is 3.69. The van der Waals surface area contributed by atoms with Gasteiger partial charge in [-0.3, -0.25) is 9.69 Å². The molecule has 0 bridgehead atoms. The lowest BCUT2D eigenvalue weighted by Gasteiger charge is -2.38. The largest absolute Gasteiger partial charge is 0.295 e. The molecule has 68 valence electrons. The van der Waals surface area contributed by atoms with E-state index in [4.69, 9.17) is 0 Å². The first-order chi connectivity index (χ1) is 5.41. The third-order valence-corrected chi connectivity index (χ3v) is 1.82. The second-order valence-electron chi connectivity index (χ2n) is 3.16. The fourth-order valence-electron chi connectivity index (χ4n) is 1.10. The van der Waals surface area contributed by atoms with Crippen LogP contribution in [0.1, 0.15) is 6.92 Å². The maximum atomic E-state index is 12.3. The quantitative estimate of drug-likeness (QED) is 0.598. The fraction of sp³-hybridized carbons (Fsp3) is 0.625. The average Bonchev–Trinajstić information content (AvgIpc) is 1.83. The monoisotopic (exact) mass is 175 g/mol. The second-order valence-corrected chi connectivity index (χ2v) is 3.16. The molecule has 0 amide bonds. The predicted molar refractivity (Wildman–Crippen MR) is 41.2 cm³/mol. The smallest absolute Gasteiger partial charge is 0.272 e. The molecule has 0 N–H and O–H groups in total. The molecule has 1 saturated heterocycles. The summed E-state index contributed by atoms with van der Waals surface area (Å²) in [5.74, 6) is -2.69. The van der Waals surface area contributed by atoms with Crippen molar-refractivity contribution in [2.75, 3.05) is 19.6 Å². The van der Waals surface area contributed by atoms with Crippen molar-refractivity contribution in [2.45, 2.75) is 12.8 Å². The number of hydrogen-bond donors (Lipinski definition) is 0. The molecule has 0 saturated carbocycles. The van der Waals surface area contributed by atoms with Gasteiger partial charge in [0.25, 0.3) is 5.92 Å². The zero-order chi connectivity index (χ0) is 9.35. The van der Waals surface area contributed by atoms with Gasteiger partial charge in [0.2, 0.25) is 0 Å². The topological polar surface area (TPSA) is 20.3 Å². The third-order valence-electron chi connectivity index (χ3n) is 1.82. The van der Waals surface area contributed by atoms with E-state index < -0.39 is 5.92 Å². The van der Waals surface area contributed by atoms with E-state index in [1.165, 1.54) is 11.8 Å². The van der Waals surface area contributed by atoms with Crippen molar-refractivity contribution in [3.63, 3.8) is 0 Å². The molecule has 1 rings (SSSR count). The van der Waals surface area contributed by atoms with Gasteiger partial charge in [0.05, 0.1) is 13.1 Å². The van der Waals surface area contributed by atoms with Gasteiger partial charge in [0.15, 0.2) is 5.78 Å². The van der Waals surface area contributed by atoms with Crippen LogP contribution in [0.4, 0.5) is 8.78 Å². The predicted octanol–water partition coefficient (Wildman–Crippen LogP) is 1.08. The first-order valence-corrected chi connectivity index (χ1v) is 3.69. The molecular weight excluding hydrogens is 164 g/mol. The normalized spacial score (nSPS) is 21.6. The highest BCUT2D eigenvalue weighted by molar-refractivity contribution is 5.92. The summed E-state index contributed by atoms with van der Waals surface area (Å²) >= 11 is 0. The van der Waals surface area contributed by atoms with Gasteiger partial charge in [-0.05, 0) is 6.92 Å². The SMILES string of the molecule is C=C(CN1CC(F)(F)C1)C(C)=O. The summed E-state index contributed by atoms with van der Waals surface area (Å²) < 4.78 is 24.6. The van der Waals surface area contributed by atoms with Crippen LogP contribution in [0.25, 0.3) is 0 Å². The van der Waals surface area contributed by atoms with Crippen LogP contribution in [-0.4, -0.2) is 36.2 Å². The number of ketones is 1. The number of halogens is 2. The van der Waals surface area contributed by atoms with Gasteiger partial charge < -0.3 is 0 Å². The van der Waals surface area contributed by atoms with Gasteiger partial charge in [0, 0.05) is 12.1 Å². The van der Waals surface area contributed by atoms with E-state index in [0.29, 0.717) is 5.57 Å². The summed E-state index contributed by atoms with van der Waals surface area (Å²) in [5.41, 5.74) is 0.394. The van der Waals surface area contributed by atoms with Crippen LogP contribution in [-0.2, 0) is 4.79 Å². The molecule has 12 heavy (non-hydrogen) atoms. The Morgan fingerprint density at radius 3 is 2.42 bits per heavy atom. The van der Waals surface area contributed by atoms with Crippen LogP contribution in [0.2, 0.25) is 0 Å². The van der Waals surface area contributed by atoms with Crippen LogP contribution >= 0.6 is 0 Å². The lowest BCUT2D eigenvalue weighted by molar-refractivity contribution is -0.129. The Labute approximate surface area is 69.9 Å². The van der Waals surface area contributed by atoms with E-state index in [9.17, 15) is 13.6 Å². The molecule has 0 aliphatic carbocycles. The number of carbonyl (C=O) groups excluding carboxylic acids is 1. The number of carbonyl (C=O) groups is 1. The highest BCUT2D eigenvalue weighted by Gasteiger charge is 2.43. The summed E-state index contributed by atoms with van der Waals surface area (Å²) in [6, 6.07) is 0. The van der Waals surface area contributed by atoms with Crippen molar-refractivity contribution in [3.05, 3.63) is 12.2 Å². The summed E-state index contributed by atoms with van der Waals surface area (Å²) in [5, 5.41) is 0. The van der Waals surface area contributed by atoms with E-state index >= 15 is 0 Å². The minimum Gasteiger partial charge on any atom is -0.295 e. The van der Waals surface area contributed by atoms with Crippen LogP contribution in [0.5, 0.6) is 0 Å². The van der Waals surface area contributed by atoms with Crippen LogP contribution in [0, 0.1) is 0 Å². The van der Waals surface area contributed by atoms with Gasteiger partial charge >= 0.3 is 0 Å². The van der Waals surface area contributed by atoms with E-state index in [2.05, 4.69) is 6.58 Å². The van der Waals surface area contributed by atoms with E-state index in [0.717, 1.165) is 0 Å². The van der Waals surface area contributed by atoms with Gasteiger partial charge in [0.1, 0.15) is 0 Å². The Bertz CT molecular complexity index is 217. The molecule has 1 aliphatic rings. The van der Waals surface area contributed by atoms with Crippen molar-refractivity contribution in [3.8, 4) is 0 Å². The third kappa shape index (κ3) is 2.11. The van der Waals surface area contributed by atoms with E-state index in [1.807, 2.05) is 0 Å². The highest BCUT2D eigenvalue weighted by atomic mass is 19.3. The minimum absolute atomic E-state index is 0.134. The highest BCUT2D eigenvalue weighted by Crippen LogP contribution is 2.26. The van der Waals surface area contributed by atoms with Gasteiger partial charge in [-0.25, -0.2) is 8.78 Å². The maximum absolute atomic E-state index is 12.3. The number of alkyl halides is 2. The number of likely N-dealkylation sites (tertiary alicyclic amines) is 1.